The summed E-state index contributed by atoms with van der Waals surface area (Å²) >= 11 is 11.1. The van der Waals surface area contributed by atoms with Crippen LogP contribution in [0.5, 0.6) is 5.75 Å². The zero-order valence-corrected chi connectivity index (χ0v) is 18.2. The van der Waals surface area contributed by atoms with Crippen molar-refractivity contribution in [3.8, 4) is 5.75 Å². The van der Waals surface area contributed by atoms with Gasteiger partial charge in [-0.1, -0.05) is 41.9 Å². The van der Waals surface area contributed by atoms with Gasteiger partial charge in [-0.05, 0) is 67.2 Å². The van der Waals surface area contributed by atoms with Crippen LogP contribution in [0.1, 0.15) is 15.9 Å². The molecule has 6 nitrogen and oxygen atoms in total. The highest BCUT2D eigenvalue weighted by molar-refractivity contribution is 7.80. The Morgan fingerprint density at radius 2 is 1.68 bits per heavy atom. The van der Waals surface area contributed by atoms with Gasteiger partial charge in [0.15, 0.2) is 11.7 Å². The molecular formula is C23H20ClN3O3S. The number of amides is 2. The van der Waals surface area contributed by atoms with Crippen molar-refractivity contribution in [1.82, 2.24) is 5.32 Å². The second kappa shape index (κ2) is 10.6. The molecule has 0 bridgehead atoms. The Morgan fingerprint density at radius 3 is 2.42 bits per heavy atom. The summed E-state index contributed by atoms with van der Waals surface area (Å²) < 4.78 is 5.51. The van der Waals surface area contributed by atoms with E-state index in [0.29, 0.717) is 27.7 Å². The number of ether oxygens (including phenoxy) is 1. The summed E-state index contributed by atoms with van der Waals surface area (Å²) in [6.07, 6.45) is 0. The van der Waals surface area contributed by atoms with Crippen LogP contribution in [0.2, 0.25) is 5.02 Å². The fourth-order valence-corrected chi connectivity index (χ4v) is 3.19. The minimum atomic E-state index is -0.432. The topological polar surface area (TPSA) is 79.5 Å². The summed E-state index contributed by atoms with van der Waals surface area (Å²) in [4.78, 5) is 24.8. The third-order valence-corrected chi connectivity index (χ3v) is 4.64. The smallest absolute Gasteiger partial charge is 0.264 e. The Morgan fingerprint density at radius 1 is 0.968 bits per heavy atom. The zero-order chi connectivity index (χ0) is 22.2. The number of rotatable bonds is 6. The van der Waals surface area contributed by atoms with Gasteiger partial charge in [-0.15, -0.1) is 0 Å². The van der Waals surface area contributed by atoms with Gasteiger partial charge in [-0.25, -0.2) is 0 Å². The molecule has 2 amide bonds. The number of aryl methyl sites for hydroxylation is 1. The molecule has 0 aliphatic rings. The van der Waals surface area contributed by atoms with Crippen molar-refractivity contribution < 1.29 is 14.3 Å². The van der Waals surface area contributed by atoms with Gasteiger partial charge in [0.25, 0.3) is 11.8 Å². The molecule has 0 saturated heterocycles. The van der Waals surface area contributed by atoms with E-state index in [1.54, 1.807) is 54.6 Å². The monoisotopic (exact) mass is 453 g/mol. The van der Waals surface area contributed by atoms with Crippen LogP contribution in [-0.4, -0.2) is 23.5 Å². The van der Waals surface area contributed by atoms with Crippen molar-refractivity contribution in [2.24, 2.45) is 0 Å². The largest absolute Gasteiger partial charge is 0.483 e. The molecule has 0 aliphatic heterocycles. The zero-order valence-electron chi connectivity index (χ0n) is 16.6. The average Bonchev–Trinajstić information content (AvgIpc) is 2.74. The molecule has 0 unspecified atom stereocenters. The normalized spacial score (nSPS) is 10.1. The van der Waals surface area contributed by atoms with Gasteiger partial charge >= 0.3 is 0 Å². The molecule has 0 spiro atoms. The first-order valence-electron chi connectivity index (χ1n) is 9.37. The molecule has 0 atom stereocenters. The predicted octanol–water partition coefficient (Wildman–Crippen LogP) is 4.79. The predicted molar refractivity (Wildman–Crippen MR) is 127 cm³/mol. The average molecular weight is 454 g/mol. The Balaban J connectivity index is 1.57. The minimum absolute atomic E-state index is 0.0568. The van der Waals surface area contributed by atoms with E-state index in [2.05, 4.69) is 16.0 Å². The molecule has 3 rings (SSSR count). The summed E-state index contributed by atoms with van der Waals surface area (Å²) in [6, 6.07) is 21.1. The number of nitrogens with one attached hydrogen (secondary N) is 3. The van der Waals surface area contributed by atoms with Gasteiger partial charge in [0, 0.05) is 10.7 Å². The number of para-hydroxylation sites is 2. The molecule has 0 heterocycles. The summed E-state index contributed by atoms with van der Waals surface area (Å²) in [7, 11) is 0. The lowest BCUT2D eigenvalue weighted by Crippen LogP contribution is -2.37. The van der Waals surface area contributed by atoms with E-state index in [4.69, 9.17) is 28.6 Å². The molecule has 0 saturated carbocycles. The molecule has 0 radical (unpaired) electrons. The van der Waals surface area contributed by atoms with Crippen LogP contribution < -0.4 is 20.7 Å². The number of benzene rings is 3. The second-order valence-electron chi connectivity index (χ2n) is 6.57. The lowest BCUT2D eigenvalue weighted by atomic mass is 10.1. The summed E-state index contributed by atoms with van der Waals surface area (Å²) in [5.74, 6) is -0.176. The Bertz CT molecular complexity index is 1110. The van der Waals surface area contributed by atoms with Crippen LogP contribution in [0, 0.1) is 6.92 Å². The number of hydrogen-bond donors (Lipinski definition) is 3. The van der Waals surface area contributed by atoms with Crippen molar-refractivity contribution in [2.45, 2.75) is 6.92 Å². The van der Waals surface area contributed by atoms with E-state index < -0.39 is 5.91 Å². The van der Waals surface area contributed by atoms with Crippen LogP contribution in [-0.2, 0) is 4.79 Å². The number of anilines is 2. The number of thiocarbonyl (C=S) groups is 1. The van der Waals surface area contributed by atoms with Crippen LogP contribution in [0.15, 0.2) is 72.8 Å². The van der Waals surface area contributed by atoms with Crippen molar-refractivity contribution in [2.75, 3.05) is 17.2 Å². The van der Waals surface area contributed by atoms with Gasteiger partial charge in [0.1, 0.15) is 5.75 Å². The second-order valence-corrected chi connectivity index (χ2v) is 7.41. The van der Waals surface area contributed by atoms with Gasteiger partial charge in [-0.3, -0.25) is 14.9 Å². The van der Waals surface area contributed by atoms with Gasteiger partial charge in [0.2, 0.25) is 0 Å². The highest BCUT2D eigenvalue weighted by Crippen LogP contribution is 2.21. The maximum absolute atomic E-state index is 12.6. The SMILES string of the molecule is Cc1cc(Cl)ccc1OCC(=O)NC(=S)Nc1ccccc1C(=O)Nc1ccccc1. The molecule has 3 N–H and O–H groups in total. The third kappa shape index (κ3) is 6.53. The first kappa shape index (κ1) is 22.3. The standard InChI is InChI=1S/C23H20ClN3O3S/c1-15-13-16(24)11-12-20(15)30-14-21(28)27-23(31)26-19-10-6-5-9-18(19)22(29)25-17-7-3-2-4-8-17/h2-13H,14H2,1H3,(H,25,29)(H2,26,27,28,31). The molecule has 0 aliphatic carbocycles. The molecule has 8 heteroatoms. The van der Waals surface area contributed by atoms with Gasteiger partial charge in [-0.2, -0.15) is 0 Å². The molecule has 0 fully saturated rings. The molecule has 3 aromatic carbocycles. The van der Waals surface area contributed by atoms with E-state index in [0.717, 1.165) is 5.56 Å². The highest BCUT2D eigenvalue weighted by atomic mass is 35.5. The van der Waals surface area contributed by atoms with Crippen molar-refractivity contribution in [3.05, 3.63) is 88.9 Å². The quantitative estimate of drug-likeness (QED) is 0.467. The number of hydrogen-bond acceptors (Lipinski definition) is 4. The fourth-order valence-electron chi connectivity index (χ4n) is 2.74. The third-order valence-electron chi connectivity index (χ3n) is 4.20. The fraction of sp³-hybridized carbons (Fsp3) is 0.0870. The number of carbonyl (C=O) groups excluding carboxylic acids is 2. The van der Waals surface area contributed by atoms with Crippen LogP contribution in [0.4, 0.5) is 11.4 Å². The number of halogens is 1. The maximum atomic E-state index is 12.6. The summed E-state index contributed by atoms with van der Waals surface area (Å²) in [5.41, 5.74) is 2.35. The first-order valence-corrected chi connectivity index (χ1v) is 10.2. The van der Waals surface area contributed by atoms with Crippen LogP contribution >= 0.6 is 23.8 Å². The Kier molecular flexibility index (Phi) is 7.59. The van der Waals surface area contributed by atoms with Crippen molar-refractivity contribution in [3.63, 3.8) is 0 Å². The van der Waals surface area contributed by atoms with Crippen molar-refractivity contribution >= 4 is 52.1 Å². The summed E-state index contributed by atoms with van der Waals surface area (Å²) in [5, 5.41) is 8.91. The van der Waals surface area contributed by atoms with Crippen molar-refractivity contribution in [1.29, 1.82) is 0 Å². The van der Waals surface area contributed by atoms with Crippen LogP contribution in [0.25, 0.3) is 0 Å². The molecular weight excluding hydrogens is 434 g/mol. The first-order chi connectivity index (χ1) is 14.9. The van der Waals surface area contributed by atoms with Gasteiger partial charge < -0.3 is 15.4 Å². The van der Waals surface area contributed by atoms with E-state index >= 15 is 0 Å². The molecule has 31 heavy (non-hydrogen) atoms. The van der Waals surface area contributed by atoms with Crippen LogP contribution in [0.3, 0.4) is 0 Å². The van der Waals surface area contributed by atoms with E-state index in [1.807, 2.05) is 25.1 Å². The Hall–Kier alpha value is -3.42. The summed E-state index contributed by atoms with van der Waals surface area (Å²) in [6.45, 7) is 1.61. The number of carbonyl (C=O) groups is 2. The van der Waals surface area contributed by atoms with E-state index in [9.17, 15) is 9.59 Å². The Labute approximate surface area is 190 Å². The molecule has 0 aromatic heterocycles. The van der Waals surface area contributed by atoms with E-state index in [1.165, 1.54) is 0 Å². The lowest BCUT2D eigenvalue weighted by Gasteiger charge is -2.14. The molecule has 158 valence electrons. The van der Waals surface area contributed by atoms with Gasteiger partial charge in [0.05, 0.1) is 11.3 Å². The van der Waals surface area contributed by atoms with E-state index in [-0.39, 0.29) is 17.6 Å². The molecule has 3 aromatic rings. The maximum Gasteiger partial charge on any atom is 0.264 e. The highest BCUT2D eigenvalue weighted by Gasteiger charge is 2.13. The lowest BCUT2D eigenvalue weighted by molar-refractivity contribution is -0.121. The minimum Gasteiger partial charge on any atom is -0.483 e.